The maximum Gasteiger partial charge on any atom is 0.259 e. The number of nitrogens with one attached hydrogen (secondary N) is 1. The van der Waals surface area contributed by atoms with Gasteiger partial charge in [-0.2, -0.15) is 0 Å². The van der Waals surface area contributed by atoms with Crippen LogP contribution in [-0.2, 0) is 0 Å². The van der Waals surface area contributed by atoms with Crippen LogP contribution in [0.25, 0.3) is 22.3 Å². The maximum absolute atomic E-state index is 12.1. The number of rotatable bonds is 2. The quantitative estimate of drug-likeness (QED) is 0.776. The SMILES string of the molecule is COc1ccc(-c2nc3ccc(C)cc3c(=O)[nH]2)cc1. The molecule has 0 amide bonds. The highest BCUT2D eigenvalue weighted by molar-refractivity contribution is 5.80. The van der Waals surface area contributed by atoms with E-state index in [0.717, 1.165) is 16.9 Å². The van der Waals surface area contributed by atoms with Crippen molar-refractivity contribution in [2.75, 3.05) is 7.11 Å². The fourth-order valence-electron chi connectivity index (χ4n) is 2.14. The van der Waals surface area contributed by atoms with Gasteiger partial charge in [0, 0.05) is 5.56 Å². The second-order valence-electron chi connectivity index (χ2n) is 4.66. The molecule has 20 heavy (non-hydrogen) atoms. The van der Waals surface area contributed by atoms with Crippen LogP contribution < -0.4 is 10.3 Å². The van der Waals surface area contributed by atoms with Crippen LogP contribution in [0.15, 0.2) is 47.3 Å². The van der Waals surface area contributed by atoms with Crippen LogP contribution >= 0.6 is 0 Å². The van der Waals surface area contributed by atoms with Gasteiger partial charge in [-0.3, -0.25) is 4.79 Å². The number of fused-ring (bicyclic) bond motifs is 1. The lowest BCUT2D eigenvalue weighted by molar-refractivity contribution is 0.415. The number of nitrogens with zero attached hydrogens (tertiary/aromatic N) is 1. The predicted octanol–water partition coefficient (Wildman–Crippen LogP) is 2.91. The number of hydrogen-bond donors (Lipinski definition) is 1. The van der Waals surface area contributed by atoms with Crippen LogP contribution in [0.5, 0.6) is 5.75 Å². The number of benzene rings is 2. The fourth-order valence-corrected chi connectivity index (χ4v) is 2.14. The van der Waals surface area contributed by atoms with E-state index in [1.807, 2.05) is 49.4 Å². The van der Waals surface area contributed by atoms with Gasteiger partial charge in [-0.1, -0.05) is 11.6 Å². The summed E-state index contributed by atoms with van der Waals surface area (Å²) in [5.41, 5.74) is 2.47. The summed E-state index contributed by atoms with van der Waals surface area (Å²) in [5.74, 6) is 1.33. The molecule has 3 aromatic rings. The molecule has 0 bridgehead atoms. The van der Waals surface area contributed by atoms with Crippen LogP contribution in [-0.4, -0.2) is 17.1 Å². The molecule has 0 aliphatic carbocycles. The van der Waals surface area contributed by atoms with Gasteiger partial charge in [0.05, 0.1) is 18.0 Å². The van der Waals surface area contributed by atoms with Crippen LogP contribution in [0.2, 0.25) is 0 Å². The third-order valence-corrected chi connectivity index (χ3v) is 3.22. The summed E-state index contributed by atoms with van der Waals surface area (Å²) in [5, 5.41) is 0.613. The van der Waals surface area contributed by atoms with Crippen LogP contribution in [0.4, 0.5) is 0 Å². The molecule has 0 atom stereocenters. The highest BCUT2D eigenvalue weighted by atomic mass is 16.5. The Labute approximate surface area is 116 Å². The van der Waals surface area contributed by atoms with Crippen molar-refractivity contribution in [3.05, 3.63) is 58.4 Å². The molecule has 4 nitrogen and oxygen atoms in total. The summed E-state index contributed by atoms with van der Waals surface area (Å²) < 4.78 is 5.12. The first-order valence-corrected chi connectivity index (χ1v) is 6.32. The lowest BCUT2D eigenvalue weighted by atomic mass is 10.1. The van der Waals surface area contributed by atoms with Crippen molar-refractivity contribution in [2.24, 2.45) is 0 Å². The van der Waals surface area contributed by atoms with Crippen molar-refractivity contribution < 1.29 is 4.74 Å². The van der Waals surface area contributed by atoms with E-state index in [0.29, 0.717) is 16.7 Å². The summed E-state index contributed by atoms with van der Waals surface area (Å²) in [6, 6.07) is 13.1. The minimum Gasteiger partial charge on any atom is -0.497 e. The second-order valence-corrected chi connectivity index (χ2v) is 4.66. The first kappa shape index (κ1) is 12.4. The fraction of sp³-hybridized carbons (Fsp3) is 0.125. The van der Waals surface area contributed by atoms with Gasteiger partial charge in [-0.25, -0.2) is 4.98 Å². The van der Waals surface area contributed by atoms with Crippen LogP contribution in [0.3, 0.4) is 0 Å². The monoisotopic (exact) mass is 266 g/mol. The predicted molar refractivity (Wildman–Crippen MR) is 79.1 cm³/mol. The Balaban J connectivity index is 2.16. The zero-order valence-electron chi connectivity index (χ0n) is 11.3. The lowest BCUT2D eigenvalue weighted by Gasteiger charge is -2.05. The molecule has 1 aromatic heterocycles. The highest BCUT2D eigenvalue weighted by Gasteiger charge is 2.06. The summed E-state index contributed by atoms with van der Waals surface area (Å²) >= 11 is 0. The molecule has 3 rings (SSSR count). The van der Waals surface area contributed by atoms with E-state index in [4.69, 9.17) is 4.74 Å². The molecule has 0 saturated heterocycles. The number of aromatic nitrogens is 2. The first-order chi connectivity index (χ1) is 9.67. The minimum absolute atomic E-state index is 0.121. The molecule has 100 valence electrons. The van der Waals surface area contributed by atoms with Gasteiger partial charge in [0.2, 0.25) is 0 Å². The van der Waals surface area contributed by atoms with Crippen molar-refractivity contribution >= 4 is 10.9 Å². The van der Waals surface area contributed by atoms with Gasteiger partial charge in [0.25, 0.3) is 5.56 Å². The normalized spacial score (nSPS) is 10.7. The van der Waals surface area contributed by atoms with Gasteiger partial charge in [-0.15, -0.1) is 0 Å². The largest absolute Gasteiger partial charge is 0.497 e. The third kappa shape index (κ3) is 2.16. The van der Waals surface area contributed by atoms with Crippen LogP contribution in [0, 0.1) is 6.92 Å². The van der Waals surface area contributed by atoms with Gasteiger partial charge < -0.3 is 9.72 Å². The number of ether oxygens (including phenoxy) is 1. The summed E-state index contributed by atoms with van der Waals surface area (Å²) in [6.45, 7) is 1.95. The number of H-pyrrole nitrogens is 1. The first-order valence-electron chi connectivity index (χ1n) is 6.32. The lowest BCUT2D eigenvalue weighted by Crippen LogP contribution is -2.09. The van der Waals surface area contributed by atoms with Gasteiger partial charge in [0.1, 0.15) is 11.6 Å². The van der Waals surface area contributed by atoms with Gasteiger partial charge >= 0.3 is 0 Å². The topological polar surface area (TPSA) is 55.0 Å². The highest BCUT2D eigenvalue weighted by Crippen LogP contribution is 2.20. The molecular formula is C16H14N2O2. The number of hydrogen-bond acceptors (Lipinski definition) is 3. The molecule has 0 fully saturated rings. The van der Waals surface area contributed by atoms with E-state index in [2.05, 4.69) is 9.97 Å². The molecule has 4 heteroatoms. The zero-order valence-corrected chi connectivity index (χ0v) is 11.3. The standard InChI is InChI=1S/C16H14N2O2/c1-10-3-8-14-13(9-10)16(19)18-15(17-14)11-4-6-12(20-2)7-5-11/h3-9H,1-2H3,(H,17,18,19). The van der Waals surface area contributed by atoms with Gasteiger partial charge in [-0.05, 0) is 43.3 Å². The van der Waals surface area contributed by atoms with E-state index >= 15 is 0 Å². The average molecular weight is 266 g/mol. The molecule has 2 aromatic carbocycles. The Kier molecular flexibility index (Phi) is 2.99. The van der Waals surface area contributed by atoms with E-state index in [-0.39, 0.29) is 5.56 Å². The van der Waals surface area contributed by atoms with E-state index in [1.165, 1.54) is 0 Å². The maximum atomic E-state index is 12.1. The Bertz CT molecular complexity index is 820. The minimum atomic E-state index is -0.121. The van der Waals surface area contributed by atoms with Crippen molar-refractivity contribution in [3.63, 3.8) is 0 Å². The molecule has 0 saturated carbocycles. The molecule has 0 aliphatic heterocycles. The average Bonchev–Trinajstić information content (AvgIpc) is 2.48. The molecule has 0 unspecified atom stereocenters. The molecule has 1 N–H and O–H groups in total. The van der Waals surface area contributed by atoms with Crippen LogP contribution in [0.1, 0.15) is 5.56 Å². The van der Waals surface area contributed by atoms with E-state index in [9.17, 15) is 4.79 Å². The Morgan fingerprint density at radius 1 is 1.10 bits per heavy atom. The molecule has 0 radical (unpaired) electrons. The Morgan fingerprint density at radius 2 is 1.85 bits per heavy atom. The van der Waals surface area contributed by atoms with Crippen molar-refractivity contribution in [3.8, 4) is 17.1 Å². The van der Waals surface area contributed by atoms with Gasteiger partial charge in [0.15, 0.2) is 0 Å². The smallest absolute Gasteiger partial charge is 0.259 e. The van der Waals surface area contributed by atoms with Crippen molar-refractivity contribution in [2.45, 2.75) is 6.92 Å². The number of aromatic amines is 1. The van der Waals surface area contributed by atoms with E-state index < -0.39 is 0 Å². The Morgan fingerprint density at radius 3 is 2.55 bits per heavy atom. The van der Waals surface area contributed by atoms with Crippen molar-refractivity contribution in [1.82, 2.24) is 9.97 Å². The molecule has 0 aliphatic rings. The summed E-state index contributed by atoms with van der Waals surface area (Å²) in [4.78, 5) is 19.5. The van der Waals surface area contributed by atoms with E-state index in [1.54, 1.807) is 7.11 Å². The summed E-state index contributed by atoms with van der Waals surface area (Å²) in [6.07, 6.45) is 0. The Hall–Kier alpha value is -2.62. The molecule has 0 spiro atoms. The van der Waals surface area contributed by atoms with Crippen molar-refractivity contribution in [1.29, 1.82) is 0 Å². The number of methoxy groups -OCH3 is 1. The molecule has 1 heterocycles. The third-order valence-electron chi connectivity index (χ3n) is 3.22. The zero-order chi connectivity index (χ0) is 14.1. The second kappa shape index (κ2) is 4.81. The molecular weight excluding hydrogens is 252 g/mol. The summed E-state index contributed by atoms with van der Waals surface area (Å²) in [7, 11) is 1.62. The number of aryl methyl sites for hydroxylation is 1.